The normalized spacial score (nSPS) is 24.7. The van der Waals surface area contributed by atoms with Gasteiger partial charge in [-0.1, -0.05) is 61.4 Å². The Kier molecular flexibility index (Phi) is 6.75. The van der Waals surface area contributed by atoms with Gasteiger partial charge in [0.15, 0.2) is 0 Å². The molecule has 3 aliphatic carbocycles. The van der Waals surface area contributed by atoms with Gasteiger partial charge in [0.25, 0.3) is 0 Å². The van der Waals surface area contributed by atoms with Gasteiger partial charge >= 0.3 is 12.1 Å². The number of fused-ring (bicyclic) bond motifs is 3. The number of alkyl carbamates (subject to hydrolysis) is 1. The van der Waals surface area contributed by atoms with Crippen LogP contribution in [0.1, 0.15) is 49.1 Å². The zero-order valence-corrected chi connectivity index (χ0v) is 19.7. The van der Waals surface area contributed by atoms with Crippen molar-refractivity contribution in [3.05, 3.63) is 59.7 Å². The summed E-state index contributed by atoms with van der Waals surface area (Å²) in [5, 5.41) is 15.2. The number of benzene rings is 2. The summed E-state index contributed by atoms with van der Waals surface area (Å²) in [4.78, 5) is 36.3. The molecule has 2 aromatic rings. The molecule has 7 heteroatoms. The van der Waals surface area contributed by atoms with Crippen LogP contribution < -0.4 is 10.6 Å². The second kappa shape index (κ2) is 10.1. The van der Waals surface area contributed by atoms with E-state index in [1.54, 1.807) is 0 Å². The molecule has 0 saturated heterocycles. The van der Waals surface area contributed by atoms with E-state index in [1.807, 2.05) is 24.3 Å². The smallest absolute Gasteiger partial charge is 0.407 e. The number of amides is 2. The van der Waals surface area contributed by atoms with Crippen LogP contribution in [0.25, 0.3) is 11.1 Å². The van der Waals surface area contributed by atoms with Crippen molar-refractivity contribution < 1.29 is 24.2 Å². The Morgan fingerprint density at radius 1 is 0.829 bits per heavy atom. The van der Waals surface area contributed by atoms with E-state index in [0.29, 0.717) is 19.5 Å². The van der Waals surface area contributed by atoms with Gasteiger partial charge in [-0.3, -0.25) is 9.59 Å². The molecular weight excluding hydrogens is 444 g/mol. The number of carbonyl (C=O) groups excluding carboxylic acids is 2. The minimum absolute atomic E-state index is 0.00125. The van der Waals surface area contributed by atoms with Crippen LogP contribution in [-0.2, 0) is 14.3 Å². The van der Waals surface area contributed by atoms with Gasteiger partial charge in [0, 0.05) is 24.9 Å². The number of aliphatic carboxylic acids is 1. The summed E-state index contributed by atoms with van der Waals surface area (Å²) in [5.41, 5.74) is 4.71. The van der Waals surface area contributed by atoms with E-state index in [0.717, 1.165) is 25.7 Å². The van der Waals surface area contributed by atoms with Crippen molar-refractivity contribution in [2.75, 3.05) is 19.7 Å². The van der Waals surface area contributed by atoms with E-state index in [-0.39, 0.29) is 42.1 Å². The highest BCUT2D eigenvalue weighted by Crippen LogP contribution is 2.44. The first kappa shape index (κ1) is 23.4. The summed E-state index contributed by atoms with van der Waals surface area (Å²) in [7, 11) is 0. The molecule has 3 N–H and O–H groups in total. The van der Waals surface area contributed by atoms with Gasteiger partial charge in [0.1, 0.15) is 6.61 Å². The first-order valence-corrected chi connectivity index (χ1v) is 12.6. The fraction of sp³-hybridized carbons (Fsp3) is 0.464. The van der Waals surface area contributed by atoms with Crippen molar-refractivity contribution in [3.8, 4) is 11.1 Å². The van der Waals surface area contributed by atoms with Gasteiger partial charge in [-0.05, 0) is 53.4 Å². The Labute approximate surface area is 205 Å². The molecule has 2 saturated carbocycles. The van der Waals surface area contributed by atoms with Gasteiger partial charge in [0.05, 0.1) is 5.92 Å². The molecule has 2 amide bonds. The van der Waals surface area contributed by atoms with Crippen molar-refractivity contribution in [2.24, 2.45) is 23.7 Å². The first-order chi connectivity index (χ1) is 17.0. The van der Waals surface area contributed by atoms with Gasteiger partial charge in [-0.25, -0.2) is 4.79 Å². The lowest BCUT2D eigenvalue weighted by atomic mass is 9.79. The molecule has 4 atom stereocenters. The van der Waals surface area contributed by atoms with Crippen LogP contribution in [0.3, 0.4) is 0 Å². The standard InChI is InChI=1S/C28H32N2O5/c31-26(29-14-17-7-1-2-8-19(17)27(32)33)24-13-18(24)15-30-28(34)35-16-25-22-11-5-3-9-20(22)21-10-4-6-12-23(21)25/h3-6,9-12,17-19,24-25H,1-2,7-8,13-16H2,(H,29,31)(H,30,34)(H,32,33). The number of rotatable bonds is 8. The van der Waals surface area contributed by atoms with Crippen LogP contribution in [0.5, 0.6) is 0 Å². The Morgan fingerprint density at radius 3 is 2.14 bits per heavy atom. The van der Waals surface area contributed by atoms with Crippen molar-refractivity contribution in [3.63, 3.8) is 0 Å². The van der Waals surface area contributed by atoms with Crippen molar-refractivity contribution in [1.82, 2.24) is 10.6 Å². The molecular formula is C28H32N2O5. The number of hydrogen-bond donors (Lipinski definition) is 3. The van der Waals surface area contributed by atoms with Crippen LogP contribution in [0.4, 0.5) is 4.79 Å². The van der Waals surface area contributed by atoms with Crippen LogP contribution in [-0.4, -0.2) is 42.8 Å². The summed E-state index contributed by atoms with van der Waals surface area (Å²) < 4.78 is 5.57. The second-order valence-corrected chi connectivity index (χ2v) is 10.0. The first-order valence-electron chi connectivity index (χ1n) is 12.6. The lowest BCUT2D eigenvalue weighted by Crippen LogP contribution is -2.38. The summed E-state index contributed by atoms with van der Waals surface area (Å²) in [5.74, 6) is -1.19. The van der Waals surface area contributed by atoms with Gasteiger partial charge < -0.3 is 20.5 Å². The Bertz CT molecular complexity index is 1070. The molecule has 4 unspecified atom stereocenters. The number of carboxylic acid groups (broad SMARTS) is 1. The highest BCUT2D eigenvalue weighted by Gasteiger charge is 2.43. The number of ether oxygens (including phenoxy) is 1. The zero-order valence-electron chi connectivity index (χ0n) is 19.7. The predicted molar refractivity (Wildman–Crippen MR) is 131 cm³/mol. The van der Waals surface area contributed by atoms with E-state index < -0.39 is 12.1 Å². The maximum absolute atomic E-state index is 12.5. The number of nitrogens with one attached hydrogen (secondary N) is 2. The summed E-state index contributed by atoms with van der Waals surface area (Å²) in [6, 6.07) is 16.4. The molecule has 0 heterocycles. The van der Waals surface area contributed by atoms with E-state index >= 15 is 0 Å². The molecule has 2 aromatic carbocycles. The minimum atomic E-state index is -0.763. The van der Waals surface area contributed by atoms with Crippen LogP contribution in [0.2, 0.25) is 0 Å². The van der Waals surface area contributed by atoms with Gasteiger partial charge in [-0.2, -0.15) is 0 Å². The molecule has 35 heavy (non-hydrogen) atoms. The second-order valence-electron chi connectivity index (χ2n) is 10.0. The summed E-state index contributed by atoms with van der Waals surface area (Å²) >= 11 is 0. The molecule has 2 fully saturated rings. The average Bonchev–Trinajstić information content (AvgIpc) is 3.60. The Hall–Kier alpha value is -3.35. The average molecular weight is 477 g/mol. The third-order valence-electron chi connectivity index (χ3n) is 7.88. The van der Waals surface area contributed by atoms with E-state index in [1.165, 1.54) is 22.3 Å². The molecule has 184 valence electrons. The maximum atomic E-state index is 12.5. The number of hydrogen-bond acceptors (Lipinski definition) is 4. The van der Waals surface area contributed by atoms with Crippen molar-refractivity contribution in [1.29, 1.82) is 0 Å². The lowest BCUT2D eigenvalue weighted by Gasteiger charge is -2.28. The topological polar surface area (TPSA) is 105 Å². The van der Waals surface area contributed by atoms with Crippen molar-refractivity contribution >= 4 is 18.0 Å². The van der Waals surface area contributed by atoms with E-state index in [4.69, 9.17) is 4.74 Å². The number of carboxylic acids is 1. The molecule has 0 aromatic heterocycles. The molecule has 5 rings (SSSR count). The van der Waals surface area contributed by atoms with E-state index in [2.05, 4.69) is 34.9 Å². The quantitative estimate of drug-likeness (QED) is 0.531. The fourth-order valence-electron chi connectivity index (χ4n) is 5.80. The fourth-order valence-corrected chi connectivity index (χ4v) is 5.80. The molecule has 7 nitrogen and oxygen atoms in total. The van der Waals surface area contributed by atoms with Crippen LogP contribution >= 0.6 is 0 Å². The largest absolute Gasteiger partial charge is 0.481 e. The summed E-state index contributed by atoms with van der Waals surface area (Å²) in [6.07, 6.45) is 3.74. The molecule has 0 bridgehead atoms. The number of carbonyl (C=O) groups is 3. The monoisotopic (exact) mass is 476 g/mol. The van der Waals surface area contributed by atoms with Crippen LogP contribution in [0.15, 0.2) is 48.5 Å². The Balaban J connectivity index is 1.05. The van der Waals surface area contributed by atoms with Gasteiger partial charge in [-0.15, -0.1) is 0 Å². The highest BCUT2D eigenvalue weighted by atomic mass is 16.5. The van der Waals surface area contributed by atoms with E-state index in [9.17, 15) is 19.5 Å². The maximum Gasteiger partial charge on any atom is 0.407 e. The minimum Gasteiger partial charge on any atom is -0.481 e. The molecule has 3 aliphatic rings. The SMILES string of the molecule is O=C(NCC1CC1C(=O)NCC1CCCCC1C(=O)O)OCC1c2ccccc2-c2ccccc21. The van der Waals surface area contributed by atoms with Crippen LogP contribution in [0, 0.1) is 23.7 Å². The third-order valence-corrected chi connectivity index (χ3v) is 7.88. The van der Waals surface area contributed by atoms with Gasteiger partial charge in [0.2, 0.25) is 5.91 Å². The molecule has 0 aliphatic heterocycles. The zero-order chi connectivity index (χ0) is 24.4. The molecule has 0 spiro atoms. The molecule has 0 radical (unpaired) electrons. The highest BCUT2D eigenvalue weighted by molar-refractivity contribution is 5.82. The third kappa shape index (κ3) is 5.04. The Morgan fingerprint density at radius 2 is 1.46 bits per heavy atom. The lowest BCUT2D eigenvalue weighted by molar-refractivity contribution is -0.145. The summed E-state index contributed by atoms with van der Waals surface area (Å²) in [6.45, 7) is 1.08. The predicted octanol–water partition coefficient (Wildman–Crippen LogP) is 4.17. The van der Waals surface area contributed by atoms with Crippen molar-refractivity contribution in [2.45, 2.75) is 38.0 Å².